The first kappa shape index (κ1) is 20.7. The van der Waals surface area contributed by atoms with Crippen molar-refractivity contribution in [3.8, 4) is 5.75 Å². The van der Waals surface area contributed by atoms with E-state index in [1.165, 1.54) is 36.1 Å². The number of ether oxygens (including phenoxy) is 1. The predicted octanol–water partition coefficient (Wildman–Crippen LogP) is 4.60. The molecular formula is C23H34O2Si. The lowest BCUT2D eigenvalue weighted by molar-refractivity contribution is 0.233. The van der Waals surface area contributed by atoms with Crippen LogP contribution in [-0.2, 0) is 6.61 Å². The van der Waals surface area contributed by atoms with Crippen molar-refractivity contribution in [2.24, 2.45) is 5.92 Å². The summed E-state index contributed by atoms with van der Waals surface area (Å²) in [6.45, 7) is 10.1. The van der Waals surface area contributed by atoms with Gasteiger partial charge >= 0.3 is 0 Å². The van der Waals surface area contributed by atoms with Gasteiger partial charge in [-0.1, -0.05) is 87.8 Å². The van der Waals surface area contributed by atoms with Gasteiger partial charge in [-0.3, -0.25) is 0 Å². The van der Waals surface area contributed by atoms with Crippen molar-refractivity contribution in [3.63, 3.8) is 0 Å². The highest BCUT2D eigenvalue weighted by Crippen LogP contribution is 2.17. The Labute approximate surface area is 160 Å². The lowest BCUT2D eigenvalue weighted by atomic mass is 10.0. The minimum Gasteiger partial charge on any atom is -0.493 e. The van der Waals surface area contributed by atoms with E-state index in [-0.39, 0.29) is 6.61 Å². The van der Waals surface area contributed by atoms with Gasteiger partial charge in [-0.15, -0.1) is 0 Å². The molecule has 3 heteroatoms. The normalized spacial score (nSPS) is 12.8. The molecule has 0 fully saturated rings. The number of rotatable bonds is 10. The second-order valence-electron chi connectivity index (χ2n) is 7.69. The second-order valence-corrected chi connectivity index (χ2v) is 12.1. The average molecular weight is 371 g/mol. The van der Waals surface area contributed by atoms with Crippen LogP contribution in [0.15, 0.2) is 48.5 Å². The summed E-state index contributed by atoms with van der Waals surface area (Å²) in [4.78, 5) is 0. The molecule has 0 aliphatic rings. The molecule has 1 atom stereocenters. The highest BCUT2D eigenvalue weighted by atomic mass is 28.3. The Morgan fingerprint density at radius 2 is 1.69 bits per heavy atom. The third-order valence-electron chi connectivity index (χ3n) is 5.47. The van der Waals surface area contributed by atoms with Gasteiger partial charge in [0.15, 0.2) is 0 Å². The molecular weight excluding hydrogens is 336 g/mol. The van der Waals surface area contributed by atoms with E-state index >= 15 is 0 Å². The fourth-order valence-electron chi connectivity index (χ4n) is 3.50. The van der Waals surface area contributed by atoms with E-state index in [1.807, 2.05) is 12.1 Å². The molecule has 0 saturated carbocycles. The van der Waals surface area contributed by atoms with Crippen LogP contribution < -0.4 is 15.1 Å². The molecule has 0 heterocycles. The molecule has 0 spiro atoms. The molecule has 2 aromatic rings. The highest BCUT2D eigenvalue weighted by molar-refractivity contribution is 7.00. The zero-order valence-electron chi connectivity index (χ0n) is 16.8. The third-order valence-corrected chi connectivity index (χ3v) is 9.08. The van der Waals surface area contributed by atoms with E-state index < -0.39 is 8.07 Å². The summed E-state index contributed by atoms with van der Waals surface area (Å²) >= 11 is 0. The number of unbranched alkanes of at least 4 members (excludes halogenated alkanes) is 1. The second kappa shape index (κ2) is 9.93. The van der Waals surface area contributed by atoms with Gasteiger partial charge in [0.05, 0.1) is 13.2 Å². The van der Waals surface area contributed by atoms with Crippen LogP contribution in [-0.4, -0.2) is 19.8 Å². The maximum Gasteiger partial charge on any atom is 0.119 e. The molecule has 0 radical (unpaired) electrons. The first-order valence-electron chi connectivity index (χ1n) is 9.95. The summed E-state index contributed by atoms with van der Waals surface area (Å²) in [6, 6.07) is 16.9. The molecule has 0 amide bonds. The molecule has 26 heavy (non-hydrogen) atoms. The van der Waals surface area contributed by atoms with Crippen LogP contribution in [0.4, 0.5) is 0 Å². The van der Waals surface area contributed by atoms with Crippen molar-refractivity contribution in [2.45, 2.75) is 59.2 Å². The Balaban J connectivity index is 2.08. The van der Waals surface area contributed by atoms with Crippen LogP contribution in [0, 0.1) is 5.92 Å². The zero-order chi connectivity index (χ0) is 19.0. The number of hydrogen-bond donors (Lipinski definition) is 1. The average Bonchev–Trinajstić information content (AvgIpc) is 2.68. The predicted molar refractivity (Wildman–Crippen MR) is 114 cm³/mol. The Morgan fingerprint density at radius 1 is 1.00 bits per heavy atom. The van der Waals surface area contributed by atoms with E-state index in [0.29, 0.717) is 5.92 Å². The van der Waals surface area contributed by atoms with E-state index in [9.17, 15) is 5.11 Å². The van der Waals surface area contributed by atoms with Gasteiger partial charge in [0.25, 0.3) is 0 Å². The minimum atomic E-state index is -1.83. The standard InChI is InChI=1S/C23H34O2Si/c1-5-7-10-19(6-2)18-25-21-13-15-22(16-14-21)26(3,4)23-12-9-8-11-20(23)17-24/h8-9,11-16,19,24H,5-7,10,17-18H2,1-4H3/t19-/m0/s1. The van der Waals surface area contributed by atoms with Gasteiger partial charge in [0, 0.05) is 0 Å². The van der Waals surface area contributed by atoms with E-state index in [1.54, 1.807) is 0 Å². The molecule has 0 unspecified atom stereocenters. The number of hydrogen-bond acceptors (Lipinski definition) is 2. The molecule has 0 bridgehead atoms. The molecule has 2 nitrogen and oxygen atoms in total. The maximum atomic E-state index is 9.68. The SMILES string of the molecule is CCCC[C@H](CC)COc1ccc([Si](C)(C)c2ccccc2CO)cc1. The molecule has 2 rings (SSSR count). The van der Waals surface area contributed by atoms with Crippen LogP contribution in [0.5, 0.6) is 5.75 Å². The van der Waals surface area contributed by atoms with Gasteiger partial charge < -0.3 is 9.84 Å². The molecule has 2 aromatic carbocycles. The minimum absolute atomic E-state index is 0.101. The van der Waals surface area contributed by atoms with Crippen molar-refractivity contribution in [1.29, 1.82) is 0 Å². The first-order valence-corrected chi connectivity index (χ1v) is 13.0. The number of aliphatic hydroxyl groups is 1. The first-order chi connectivity index (χ1) is 12.5. The molecule has 0 aromatic heterocycles. The van der Waals surface area contributed by atoms with E-state index in [2.05, 4.69) is 63.3 Å². The molecule has 142 valence electrons. The topological polar surface area (TPSA) is 29.5 Å². The van der Waals surface area contributed by atoms with Crippen molar-refractivity contribution >= 4 is 18.4 Å². The van der Waals surface area contributed by atoms with Crippen molar-refractivity contribution in [3.05, 3.63) is 54.1 Å². The van der Waals surface area contributed by atoms with Crippen LogP contribution >= 0.6 is 0 Å². The summed E-state index contributed by atoms with van der Waals surface area (Å²) in [5.74, 6) is 1.61. The summed E-state index contributed by atoms with van der Waals surface area (Å²) in [6.07, 6.45) is 4.96. The zero-order valence-corrected chi connectivity index (χ0v) is 17.8. The Bertz CT molecular complexity index is 664. The highest BCUT2D eigenvalue weighted by Gasteiger charge is 2.28. The lowest BCUT2D eigenvalue weighted by Crippen LogP contribution is -2.54. The lowest BCUT2D eigenvalue weighted by Gasteiger charge is -2.26. The fraction of sp³-hybridized carbons (Fsp3) is 0.478. The molecule has 0 aliphatic carbocycles. The number of benzene rings is 2. The van der Waals surface area contributed by atoms with Crippen LogP contribution in [0.1, 0.15) is 45.1 Å². The monoisotopic (exact) mass is 370 g/mol. The Morgan fingerprint density at radius 3 is 2.31 bits per heavy atom. The molecule has 1 N–H and O–H groups in total. The van der Waals surface area contributed by atoms with E-state index in [4.69, 9.17) is 4.74 Å². The maximum absolute atomic E-state index is 9.68. The van der Waals surface area contributed by atoms with Gasteiger partial charge in [-0.25, -0.2) is 0 Å². The van der Waals surface area contributed by atoms with Crippen LogP contribution in [0.25, 0.3) is 0 Å². The summed E-state index contributed by atoms with van der Waals surface area (Å²) in [5, 5.41) is 12.4. The third kappa shape index (κ3) is 5.21. The van der Waals surface area contributed by atoms with Gasteiger partial charge in [0.2, 0.25) is 0 Å². The quantitative estimate of drug-likeness (QED) is 0.620. The van der Waals surface area contributed by atoms with Gasteiger partial charge in [0.1, 0.15) is 13.8 Å². The van der Waals surface area contributed by atoms with Crippen molar-refractivity contribution in [1.82, 2.24) is 0 Å². The van der Waals surface area contributed by atoms with E-state index in [0.717, 1.165) is 17.9 Å². The Hall–Kier alpha value is -1.58. The summed E-state index contributed by atoms with van der Waals surface area (Å²) in [5.41, 5.74) is 1.05. The van der Waals surface area contributed by atoms with Crippen LogP contribution in [0.3, 0.4) is 0 Å². The molecule has 0 aliphatic heterocycles. The summed E-state index contributed by atoms with van der Waals surface area (Å²) < 4.78 is 6.05. The number of aliphatic hydroxyl groups excluding tert-OH is 1. The summed E-state index contributed by atoms with van der Waals surface area (Å²) in [7, 11) is -1.83. The fourth-order valence-corrected chi connectivity index (χ4v) is 6.29. The van der Waals surface area contributed by atoms with Gasteiger partial charge in [-0.2, -0.15) is 0 Å². The van der Waals surface area contributed by atoms with Crippen molar-refractivity contribution < 1.29 is 9.84 Å². The largest absolute Gasteiger partial charge is 0.493 e. The Kier molecular flexibility index (Phi) is 7.92. The molecule has 0 saturated heterocycles. The van der Waals surface area contributed by atoms with Crippen LogP contribution in [0.2, 0.25) is 13.1 Å². The smallest absolute Gasteiger partial charge is 0.119 e. The van der Waals surface area contributed by atoms with Crippen molar-refractivity contribution in [2.75, 3.05) is 6.61 Å². The van der Waals surface area contributed by atoms with Gasteiger partial charge in [-0.05, 0) is 35.2 Å².